The minimum absolute atomic E-state index is 0.536. The monoisotopic (exact) mass is 364 g/mol. The van der Waals surface area contributed by atoms with Crippen molar-refractivity contribution in [3.63, 3.8) is 0 Å². The van der Waals surface area contributed by atoms with Crippen LogP contribution in [0.2, 0.25) is 0 Å². The lowest BCUT2D eigenvalue weighted by atomic mass is 10.0. The van der Waals surface area contributed by atoms with Crippen molar-refractivity contribution in [3.8, 4) is 0 Å². The number of carbonyl (C=O) groups is 1. The molecular weight excluding hydrogens is 320 g/mol. The minimum atomic E-state index is -0.774. The van der Waals surface area contributed by atoms with Crippen molar-refractivity contribution >= 4 is 5.97 Å². The van der Waals surface area contributed by atoms with Gasteiger partial charge in [0.25, 0.3) is 0 Å². The number of carboxylic acids is 1. The molecule has 26 heavy (non-hydrogen) atoms. The van der Waals surface area contributed by atoms with Crippen LogP contribution in [0.1, 0.15) is 123 Å². The summed E-state index contributed by atoms with van der Waals surface area (Å²) in [4.78, 5) is 11.1. The Kier molecular flexibility index (Phi) is 19.4. The Labute approximate surface area is 163 Å². The number of aliphatic carboxylic acids is 1. The van der Waals surface area contributed by atoms with Crippen LogP contribution in [0, 0.1) is 0 Å². The molecule has 0 aliphatic heterocycles. The van der Waals surface area contributed by atoms with Crippen LogP contribution < -0.4 is 0 Å². The quantitative estimate of drug-likeness (QED) is 0.142. The van der Waals surface area contributed by atoms with Crippen LogP contribution in [0.3, 0.4) is 0 Å². The van der Waals surface area contributed by atoms with E-state index < -0.39 is 5.97 Å². The molecule has 0 atom stereocenters. The lowest BCUT2D eigenvalue weighted by Gasteiger charge is -2.04. The smallest absolute Gasteiger partial charge is 0.331 e. The largest absolute Gasteiger partial charge is 0.478 e. The Morgan fingerprint density at radius 2 is 1.08 bits per heavy atom. The summed E-state index contributed by atoms with van der Waals surface area (Å²) in [5.41, 5.74) is 0.536. The van der Waals surface area contributed by atoms with E-state index >= 15 is 0 Å². The molecule has 0 unspecified atom stereocenters. The predicted octanol–water partition coefficient (Wildman–Crippen LogP) is 8.23. The number of carboxylic acid groups (broad SMARTS) is 1. The first kappa shape index (κ1) is 24.9. The number of allylic oxidation sites excluding steroid dienone is 3. The fourth-order valence-corrected chi connectivity index (χ4v) is 3.34. The van der Waals surface area contributed by atoms with Crippen LogP contribution in [0.25, 0.3) is 0 Å². The number of hydrogen-bond donors (Lipinski definition) is 1. The Hall–Kier alpha value is -1.05. The molecule has 0 radical (unpaired) electrons. The van der Waals surface area contributed by atoms with Gasteiger partial charge >= 0.3 is 5.97 Å². The fourth-order valence-electron chi connectivity index (χ4n) is 3.34. The third-order valence-corrected chi connectivity index (χ3v) is 5.06. The van der Waals surface area contributed by atoms with E-state index in [4.69, 9.17) is 5.11 Å². The summed E-state index contributed by atoms with van der Waals surface area (Å²) in [6.07, 6.45) is 27.7. The highest BCUT2D eigenvalue weighted by Crippen LogP contribution is 2.15. The molecule has 0 saturated carbocycles. The standard InChI is InChI=1S/C24H44O2/c1-3-5-7-8-9-10-11-12-13-14-15-16-17-18-19-20-22-23(24(25)26)21-6-4-2/h4,6,21H,3,5,7-20,22H2,1-2H3,(H,25,26)/b6-4+,23-21+. The first-order chi connectivity index (χ1) is 12.7. The molecule has 152 valence electrons. The summed E-state index contributed by atoms with van der Waals surface area (Å²) >= 11 is 0. The van der Waals surface area contributed by atoms with E-state index in [1.165, 1.54) is 89.9 Å². The first-order valence-electron chi connectivity index (χ1n) is 11.3. The van der Waals surface area contributed by atoms with Gasteiger partial charge in [-0.05, 0) is 19.8 Å². The van der Waals surface area contributed by atoms with E-state index in [1.807, 2.05) is 19.1 Å². The molecule has 0 fully saturated rings. The molecule has 0 aliphatic rings. The maximum Gasteiger partial charge on any atom is 0.331 e. The van der Waals surface area contributed by atoms with Gasteiger partial charge in [0.05, 0.1) is 0 Å². The second-order valence-corrected chi connectivity index (χ2v) is 7.58. The van der Waals surface area contributed by atoms with E-state index in [0.29, 0.717) is 12.0 Å². The van der Waals surface area contributed by atoms with E-state index in [-0.39, 0.29) is 0 Å². The molecule has 0 aromatic rings. The summed E-state index contributed by atoms with van der Waals surface area (Å²) in [7, 11) is 0. The summed E-state index contributed by atoms with van der Waals surface area (Å²) in [6.45, 7) is 4.18. The zero-order chi connectivity index (χ0) is 19.3. The van der Waals surface area contributed by atoms with E-state index in [0.717, 1.165) is 12.8 Å². The van der Waals surface area contributed by atoms with Gasteiger partial charge < -0.3 is 5.11 Å². The summed E-state index contributed by atoms with van der Waals surface area (Å²) < 4.78 is 0. The van der Waals surface area contributed by atoms with Crippen molar-refractivity contribution < 1.29 is 9.90 Å². The Balaban J connectivity index is 3.30. The van der Waals surface area contributed by atoms with E-state index in [9.17, 15) is 4.79 Å². The molecule has 2 nitrogen and oxygen atoms in total. The van der Waals surface area contributed by atoms with Gasteiger partial charge in [-0.3, -0.25) is 0 Å². The second kappa shape index (κ2) is 20.3. The minimum Gasteiger partial charge on any atom is -0.478 e. The van der Waals surface area contributed by atoms with Crippen LogP contribution in [0.15, 0.2) is 23.8 Å². The summed E-state index contributed by atoms with van der Waals surface area (Å²) in [6, 6.07) is 0. The highest BCUT2D eigenvalue weighted by atomic mass is 16.4. The summed E-state index contributed by atoms with van der Waals surface area (Å²) in [5, 5.41) is 9.12. The molecular formula is C24H44O2. The lowest BCUT2D eigenvalue weighted by Crippen LogP contribution is -2.00. The van der Waals surface area contributed by atoms with Crippen LogP contribution in [-0.4, -0.2) is 11.1 Å². The van der Waals surface area contributed by atoms with Crippen LogP contribution in [0.5, 0.6) is 0 Å². The molecule has 0 spiro atoms. The molecule has 0 aromatic heterocycles. The third-order valence-electron chi connectivity index (χ3n) is 5.06. The van der Waals surface area contributed by atoms with Gasteiger partial charge in [-0.25, -0.2) is 4.79 Å². The predicted molar refractivity (Wildman–Crippen MR) is 115 cm³/mol. The van der Waals surface area contributed by atoms with Crippen LogP contribution in [-0.2, 0) is 4.79 Å². The maximum absolute atomic E-state index is 11.1. The Morgan fingerprint density at radius 1 is 0.692 bits per heavy atom. The highest BCUT2D eigenvalue weighted by molar-refractivity contribution is 5.86. The van der Waals surface area contributed by atoms with Gasteiger partial charge in [-0.15, -0.1) is 0 Å². The van der Waals surface area contributed by atoms with Gasteiger partial charge in [-0.2, -0.15) is 0 Å². The van der Waals surface area contributed by atoms with Crippen molar-refractivity contribution in [2.75, 3.05) is 0 Å². The Morgan fingerprint density at radius 3 is 1.42 bits per heavy atom. The second-order valence-electron chi connectivity index (χ2n) is 7.58. The molecule has 0 bridgehead atoms. The number of unbranched alkanes of at least 4 members (excludes halogenated alkanes) is 15. The number of rotatable bonds is 19. The Bertz CT molecular complexity index is 368. The van der Waals surface area contributed by atoms with Gasteiger partial charge in [0.15, 0.2) is 0 Å². The van der Waals surface area contributed by atoms with Gasteiger partial charge in [0.2, 0.25) is 0 Å². The van der Waals surface area contributed by atoms with Crippen LogP contribution >= 0.6 is 0 Å². The first-order valence-corrected chi connectivity index (χ1v) is 11.3. The van der Waals surface area contributed by atoms with Gasteiger partial charge in [0.1, 0.15) is 0 Å². The zero-order valence-corrected chi connectivity index (χ0v) is 17.6. The van der Waals surface area contributed by atoms with E-state index in [2.05, 4.69) is 6.92 Å². The van der Waals surface area contributed by atoms with Crippen molar-refractivity contribution in [1.29, 1.82) is 0 Å². The molecule has 0 rings (SSSR count). The lowest BCUT2D eigenvalue weighted by molar-refractivity contribution is -0.132. The average Bonchev–Trinajstić information content (AvgIpc) is 2.63. The molecule has 0 amide bonds. The molecule has 0 saturated heterocycles. The summed E-state index contributed by atoms with van der Waals surface area (Å²) in [5.74, 6) is -0.774. The average molecular weight is 365 g/mol. The molecule has 0 aliphatic carbocycles. The molecule has 1 N–H and O–H groups in total. The zero-order valence-electron chi connectivity index (χ0n) is 17.6. The van der Waals surface area contributed by atoms with Crippen molar-refractivity contribution in [2.45, 2.75) is 123 Å². The van der Waals surface area contributed by atoms with Crippen molar-refractivity contribution in [3.05, 3.63) is 23.8 Å². The normalized spacial score (nSPS) is 12.2. The van der Waals surface area contributed by atoms with Crippen molar-refractivity contribution in [2.24, 2.45) is 0 Å². The molecule has 0 heterocycles. The molecule has 2 heteroatoms. The highest BCUT2D eigenvalue weighted by Gasteiger charge is 2.05. The van der Waals surface area contributed by atoms with Gasteiger partial charge in [-0.1, -0.05) is 121 Å². The fraction of sp³-hybridized carbons (Fsp3) is 0.792. The topological polar surface area (TPSA) is 37.3 Å². The molecule has 0 aromatic carbocycles. The van der Waals surface area contributed by atoms with E-state index in [1.54, 1.807) is 6.08 Å². The third kappa shape index (κ3) is 17.8. The SMILES string of the molecule is C/C=C/C=C(\CCCCCCCCCCCCCCCCCC)C(=O)O. The van der Waals surface area contributed by atoms with Crippen LogP contribution in [0.4, 0.5) is 0 Å². The van der Waals surface area contributed by atoms with Crippen molar-refractivity contribution in [1.82, 2.24) is 0 Å². The number of hydrogen-bond acceptors (Lipinski definition) is 1. The van der Waals surface area contributed by atoms with Gasteiger partial charge in [0, 0.05) is 5.57 Å². The maximum atomic E-state index is 11.1.